The van der Waals surface area contributed by atoms with Gasteiger partial charge in [-0.3, -0.25) is 9.78 Å². The number of piperidine rings is 1. The minimum absolute atomic E-state index is 0.00284. The molecule has 0 spiro atoms. The monoisotopic (exact) mass is 273 g/mol. The van der Waals surface area contributed by atoms with Crippen molar-refractivity contribution in [2.45, 2.75) is 51.2 Å². The molecule has 108 valence electrons. The van der Waals surface area contributed by atoms with Gasteiger partial charge in [0, 0.05) is 12.2 Å². The van der Waals surface area contributed by atoms with Gasteiger partial charge < -0.3 is 10.2 Å². The maximum Gasteiger partial charge on any atom is 0.240 e. The van der Waals surface area contributed by atoms with Crippen molar-refractivity contribution in [2.24, 2.45) is 5.92 Å². The van der Waals surface area contributed by atoms with Gasteiger partial charge in [0.1, 0.15) is 0 Å². The molecule has 0 bridgehead atoms. The van der Waals surface area contributed by atoms with Crippen LogP contribution in [-0.4, -0.2) is 34.4 Å². The molecule has 1 N–H and O–H groups in total. The number of amides is 1. The normalized spacial score (nSPS) is 26.2. The van der Waals surface area contributed by atoms with Crippen LogP contribution in [0.4, 0.5) is 0 Å². The summed E-state index contributed by atoms with van der Waals surface area (Å²) >= 11 is 0. The quantitative estimate of drug-likeness (QED) is 0.912. The van der Waals surface area contributed by atoms with Crippen molar-refractivity contribution >= 4 is 5.91 Å². The van der Waals surface area contributed by atoms with E-state index >= 15 is 0 Å². The number of carbonyl (C=O) groups excluding carboxylic acids is 1. The third kappa shape index (κ3) is 3.18. The summed E-state index contributed by atoms with van der Waals surface area (Å²) in [4.78, 5) is 19.2. The van der Waals surface area contributed by atoms with E-state index in [9.17, 15) is 4.79 Å². The zero-order valence-corrected chi connectivity index (χ0v) is 12.1. The topological polar surface area (TPSA) is 45.2 Å². The van der Waals surface area contributed by atoms with E-state index in [2.05, 4.69) is 17.2 Å². The molecule has 4 heteroatoms. The Morgan fingerprint density at radius 2 is 2.25 bits per heavy atom. The molecule has 0 radical (unpaired) electrons. The van der Waals surface area contributed by atoms with Gasteiger partial charge in [0.05, 0.1) is 18.3 Å². The van der Waals surface area contributed by atoms with Crippen LogP contribution in [0.2, 0.25) is 0 Å². The molecule has 0 aromatic carbocycles. The fraction of sp³-hybridized carbons (Fsp3) is 0.625. The zero-order valence-electron chi connectivity index (χ0n) is 12.1. The third-order valence-corrected chi connectivity index (χ3v) is 4.29. The van der Waals surface area contributed by atoms with Crippen LogP contribution >= 0.6 is 0 Å². The van der Waals surface area contributed by atoms with E-state index in [1.807, 2.05) is 23.1 Å². The Kier molecular flexibility index (Phi) is 4.01. The van der Waals surface area contributed by atoms with Crippen molar-refractivity contribution in [2.75, 3.05) is 6.54 Å². The average Bonchev–Trinajstić information content (AvgIpc) is 3.30. The fourth-order valence-corrected chi connectivity index (χ4v) is 2.94. The lowest BCUT2D eigenvalue weighted by molar-refractivity contribution is -0.135. The molecular weight excluding hydrogens is 250 g/mol. The van der Waals surface area contributed by atoms with E-state index in [1.54, 1.807) is 6.20 Å². The molecule has 20 heavy (non-hydrogen) atoms. The summed E-state index contributed by atoms with van der Waals surface area (Å²) in [7, 11) is 0. The molecule has 1 saturated heterocycles. The number of rotatable bonds is 4. The number of pyridine rings is 1. The highest BCUT2D eigenvalue weighted by molar-refractivity contribution is 5.82. The van der Waals surface area contributed by atoms with Crippen LogP contribution in [0.5, 0.6) is 0 Å². The summed E-state index contributed by atoms with van der Waals surface area (Å²) in [6.07, 6.45) is 6.21. The van der Waals surface area contributed by atoms with Crippen LogP contribution in [0, 0.1) is 5.92 Å². The Balaban J connectivity index is 1.68. The number of nitrogens with one attached hydrogen (secondary N) is 1. The van der Waals surface area contributed by atoms with Gasteiger partial charge in [-0.2, -0.15) is 0 Å². The molecule has 2 unspecified atom stereocenters. The van der Waals surface area contributed by atoms with Gasteiger partial charge >= 0.3 is 0 Å². The van der Waals surface area contributed by atoms with E-state index in [1.165, 1.54) is 6.42 Å². The summed E-state index contributed by atoms with van der Waals surface area (Å²) in [5.74, 6) is 0.908. The first kappa shape index (κ1) is 13.6. The van der Waals surface area contributed by atoms with Crippen LogP contribution in [0.25, 0.3) is 0 Å². The molecule has 2 aliphatic rings. The fourth-order valence-electron chi connectivity index (χ4n) is 2.94. The summed E-state index contributed by atoms with van der Waals surface area (Å²) in [5.41, 5.74) is 0.983. The highest BCUT2D eigenvalue weighted by atomic mass is 16.2. The van der Waals surface area contributed by atoms with Crippen LogP contribution in [-0.2, 0) is 11.3 Å². The first-order chi connectivity index (χ1) is 9.74. The third-order valence-electron chi connectivity index (χ3n) is 4.29. The van der Waals surface area contributed by atoms with Gasteiger partial charge in [-0.15, -0.1) is 0 Å². The molecule has 1 amide bonds. The first-order valence-electron chi connectivity index (χ1n) is 7.68. The largest absolute Gasteiger partial charge is 0.332 e. The summed E-state index contributed by atoms with van der Waals surface area (Å²) in [6.45, 7) is 3.85. The lowest BCUT2D eigenvalue weighted by atomic mass is 9.93. The van der Waals surface area contributed by atoms with E-state index in [0.717, 1.165) is 31.5 Å². The Morgan fingerprint density at radius 1 is 1.40 bits per heavy atom. The molecule has 2 heterocycles. The van der Waals surface area contributed by atoms with Crippen molar-refractivity contribution in [1.29, 1.82) is 0 Å². The van der Waals surface area contributed by atoms with Crippen LogP contribution in [0.3, 0.4) is 0 Å². The smallest absolute Gasteiger partial charge is 0.240 e. The molecule has 1 aliphatic heterocycles. The van der Waals surface area contributed by atoms with Gasteiger partial charge in [-0.25, -0.2) is 0 Å². The van der Waals surface area contributed by atoms with Crippen LogP contribution < -0.4 is 5.32 Å². The zero-order chi connectivity index (χ0) is 13.9. The van der Waals surface area contributed by atoms with Crippen molar-refractivity contribution in [3.63, 3.8) is 0 Å². The maximum atomic E-state index is 12.8. The number of aromatic nitrogens is 1. The second-order valence-corrected chi connectivity index (χ2v) is 6.15. The maximum absolute atomic E-state index is 12.8. The highest BCUT2D eigenvalue weighted by Gasteiger charge is 2.37. The SMILES string of the molecule is CC1CCNC(C(=O)N(Cc2ccccn2)C2CC2)C1. The van der Waals surface area contributed by atoms with Crippen molar-refractivity contribution in [3.05, 3.63) is 30.1 Å². The van der Waals surface area contributed by atoms with Crippen LogP contribution in [0.1, 0.15) is 38.3 Å². The number of carbonyl (C=O) groups is 1. The van der Waals surface area contributed by atoms with E-state index < -0.39 is 0 Å². The molecular formula is C16H23N3O. The minimum Gasteiger partial charge on any atom is -0.332 e. The summed E-state index contributed by atoms with van der Waals surface area (Å²) < 4.78 is 0. The van der Waals surface area contributed by atoms with E-state index in [0.29, 0.717) is 18.5 Å². The Bertz CT molecular complexity index is 458. The van der Waals surface area contributed by atoms with Crippen molar-refractivity contribution in [3.8, 4) is 0 Å². The van der Waals surface area contributed by atoms with E-state index in [-0.39, 0.29) is 11.9 Å². The van der Waals surface area contributed by atoms with Crippen LogP contribution in [0.15, 0.2) is 24.4 Å². The molecule has 1 saturated carbocycles. The average molecular weight is 273 g/mol. The molecule has 1 aromatic rings. The van der Waals surface area contributed by atoms with Gasteiger partial charge in [0.15, 0.2) is 0 Å². The second kappa shape index (κ2) is 5.92. The Labute approximate surface area is 120 Å². The van der Waals surface area contributed by atoms with Crippen molar-refractivity contribution in [1.82, 2.24) is 15.2 Å². The number of hydrogen-bond donors (Lipinski definition) is 1. The van der Waals surface area contributed by atoms with Gasteiger partial charge in [0.2, 0.25) is 5.91 Å². The predicted octanol–water partition coefficient (Wildman–Crippen LogP) is 1.96. The molecule has 4 nitrogen and oxygen atoms in total. The lowest BCUT2D eigenvalue weighted by Crippen LogP contribution is -2.50. The Morgan fingerprint density at radius 3 is 2.90 bits per heavy atom. The molecule has 2 atom stereocenters. The van der Waals surface area contributed by atoms with Gasteiger partial charge in [0.25, 0.3) is 0 Å². The standard InChI is InChI=1S/C16H23N3O/c1-12-7-9-18-15(10-12)16(20)19(14-5-6-14)11-13-4-2-3-8-17-13/h2-4,8,12,14-15,18H,5-7,9-11H2,1H3. The summed E-state index contributed by atoms with van der Waals surface area (Å²) in [6, 6.07) is 6.34. The number of hydrogen-bond acceptors (Lipinski definition) is 3. The lowest BCUT2D eigenvalue weighted by Gasteiger charge is -2.32. The molecule has 3 rings (SSSR count). The van der Waals surface area contributed by atoms with Crippen molar-refractivity contribution < 1.29 is 4.79 Å². The molecule has 1 aromatic heterocycles. The minimum atomic E-state index is 0.00284. The number of nitrogens with zero attached hydrogens (tertiary/aromatic N) is 2. The highest BCUT2D eigenvalue weighted by Crippen LogP contribution is 2.30. The molecule has 1 aliphatic carbocycles. The summed E-state index contributed by atoms with van der Waals surface area (Å²) in [5, 5.41) is 3.39. The van der Waals surface area contributed by atoms with Gasteiger partial charge in [-0.05, 0) is 50.3 Å². The second-order valence-electron chi connectivity index (χ2n) is 6.15. The van der Waals surface area contributed by atoms with E-state index in [4.69, 9.17) is 0 Å². The predicted molar refractivity (Wildman–Crippen MR) is 78.0 cm³/mol. The first-order valence-corrected chi connectivity index (χ1v) is 7.68. The Hall–Kier alpha value is -1.42. The van der Waals surface area contributed by atoms with Gasteiger partial charge in [-0.1, -0.05) is 13.0 Å². The molecule has 2 fully saturated rings.